The van der Waals surface area contributed by atoms with Gasteiger partial charge in [0.2, 0.25) is 5.91 Å². The second-order valence-electron chi connectivity index (χ2n) is 1.69. The van der Waals surface area contributed by atoms with E-state index in [1.54, 1.807) is 0 Å². The van der Waals surface area contributed by atoms with Crippen molar-refractivity contribution in [2.45, 2.75) is 13.3 Å². The van der Waals surface area contributed by atoms with Gasteiger partial charge in [-0.1, -0.05) is 5.18 Å². The first kappa shape index (κ1) is 8.07. The molecule has 1 amide bonds. The molecule has 0 rings (SSSR count). The predicted octanol–water partition coefficient (Wildman–Crippen LogP) is 0.279. The van der Waals surface area contributed by atoms with Gasteiger partial charge in [-0.2, -0.15) is 4.91 Å². The predicted molar refractivity (Wildman–Crippen MR) is 34.0 cm³/mol. The van der Waals surface area contributed by atoms with Crippen molar-refractivity contribution in [2.75, 3.05) is 13.1 Å². The molecule has 0 saturated heterocycles. The van der Waals surface area contributed by atoms with E-state index in [-0.39, 0.29) is 12.5 Å². The van der Waals surface area contributed by atoms with Crippen LogP contribution in [0.5, 0.6) is 0 Å². The van der Waals surface area contributed by atoms with Crippen LogP contribution in [0.3, 0.4) is 0 Å². The van der Waals surface area contributed by atoms with E-state index >= 15 is 0 Å². The maximum atomic E-state index is 10.2. The Balaban J connectivity index is 2.91. The van der Waals surface area contributed by atoms with Gasteiger partial charge in [0.15, 0.2) is 0 Å². The zero-order valence-corrected chi connectivity index (χ0v) is 5.39. The summed E-state index contributed by atoms with van der Waals surface area (Å²) >= 11 is 0. The van der Waals surface area contributed by atoms with Gasteiger partial charge in [-0.05, 0) is 6.42 Å². The molecule has 0 aliphatic rings. The average Bonchev–Trinajstić information content (AvgIpc) is 1.80. The molecule has 0 aliphatic heterocycles. The van der Waals surface area contributed by atoms with Gasteiger partial charge in [-0.25, -0.2) is 0 Å². The van der Waals surface area contributed by atoms with Crippen LogP contribution in [0.4, 0.5) is 0 Å². The largest absolute Gasteiger partial charge is 0.356 e. The van der Waals surface area contributed by atoms with E-state index in [9.17, 15) is 9.70 Å². The van der Waals surface area contributed by atoms with Crippen molar-refractivity contribution in [2.24, 2.45) is 5.18 Å². The number of hydrogen-bond donors (Lipinski definition) is 1. The van der Waals surface area contributed by atoms with Crippen molar-refractivity contribution < 1.29 is 4.79 Å². The molecule has 0 aromatic rings. The SMILES string of the molecule is CC(=O)NCCCN=O. The average molecular weight is 130 g/mol. The zero-order chi connectivity index (χ0) is 7.11. The van der Waals surface area contributed by atoms with Crippen LogP contribution in [0, 0.1) is 4.91 Å². The standard InChI is InChI=1S/C5H10N2O2/c1-5(8)6-3-2-4-7-9/h2-4H2,1H3,(H,6,8). The summed E-state index contributed by atoms with van der Waals surface area (Å²) in [4.78, 5) is 19.7. The highest BCUT2D eigenvalue weighted by atomic mass is 16.3. The molecule has 0 fully saturated rings. The molecule has 4 nitrogen and oxygen atoms in total. The van der Waals surface area contributed by atoms with Crippen molar-refractivity contribution >= 4 is 5.91 Å². The van der Waals surface area contributed by atoms with Crippen molar-refractivity contribution in [3.8, 4) is 0 Å². The summed E-state index contributed by atoms with van der Waals surface area (Å²) < 4.78 is 0. The number of rotatable bonds is 4. The van der Waals surface area contributed by atoms with E-state index in [4.69, 9.17) is 0 Å². The van der Waals surface area contributed by atoms with Gasteiger partial charge in [0.05, 0.1) is 6.54 Å². The highest BCUT2D eigenvalue weighted by Crippen LogP contribution is 1.76. The third-order valence-electron chi connectivity index (χ3n) is 0.800. The Hall–Kier alpha value is -0.930. The van der Waals surface area contributed by atoms with E-state index in [2.05, 4.69) is 10.5 Å². The molecule has 0 saturated carbocycles. The summed E-state index contributed by atoms with van der Waals surface area (Å²) in [5.74, 6) is -0.0686. The van der Waals surface area contributed by atoms with Gasteiger partial charge >= 0.3 is 0 Å². The Morgan fingerprint density at radius 3 is 2.78 bits per heavy atom. The van der Waals surface area contributed by atoms with E-state index < -0.39 is 0 Å². The molecule has 0 spiro atoms. The summed E-state index contributed by atoms with van der Waals surface area (Å²) in [5, 5.41) is 5.17. The third-order valence-corrected chi connectivity index (χ3v) is 0.800. The first-order chi connectivity index (χ1) is 4.27. The smallest absolute Gasteiger partial charge is 0.216 e. The molecule has 0 aromatic carbocycles. The summed E-state index contributed by atoms with van der Waals surface area (Å²) in [6.45, 7) is 2.26. The van der Waals surface area contributed by atoms with E-state index in [1.807, 2.05) is 0 Å². The van der Waals surface area contributed by atoms with E-state index in [0.29, 0.717) is 13.0 Å². The fraction of sp³-hybridized carbons (Fsp3) is 0.800. The topological polar surface area (TPSA) is 58.5 Å². The van der Waals surface area contributed by atoms with Gasteiger partial charge in [0, 0.05) is 13.5 Å². The summed E-state index contributed by atoms with van der Waals surface area (Å²) in [5.41, 5.74) is 0. The Morgan fingerprint density at radius 2 is 2.33 bits per heavy atom. The van der Waals surface area contributed by atoms with Crippen molar-refractivity contribution in [1.82, 2.24) is 5.32 Å². The van der Waals surface area contributed by atoms with E-state index in [1.165, 1.54) is 6.92 Å². The number of carbonyl (C=O) groups is 1. The van der Waals surface area contributed by atoms with E-state index in [0.717, 1.165) is 0 Å². The van der Waals surface area contributed by atoms with Gasteiger partial charge in [-0.15, -0.1) is 0 Å². The monoisotopic (exact) mass is 130 g/mol. The van der Waals surface area contributed by atoms with Crippen LogP contribution in [-0.2, 0) is 4.79 Å². The minimum absolute atomic E-state index is 0.0686. The minimum Gasteiger partial charge on any atom is -0.356 e. The number of nitroso groups, excluding NO2 is 1. The molecule has 0 radical (unpaired) electrons. The van der Waals surface area contributed by atoms with Crippen molar-refractivity contribution in [1.29, 1.82) is 0 Å². The molecule has 1 N–H and O–H groups in total. The second kappa shape index (κ2) is 5.21. The lowest BCUT2D eigenvalue weighted by molar-refractivity contribution is -0.118. The number of amides is 1. The minimum atomic E-state index is -0.0686. The lowest BCUT2D eigenvalue weighted by atomic mass is 10.4. The van der Waals surface area contributed by atoms with Gasteiger partial charge in [0.25, 0.3) is 0 Å². The van der Waals surface area contributed by atoms with Crippen LogP contribution in [-0.4, -0.2) is 19.0 Å². The molecular weight excluding hydrogens is 120 g/mol. The molecule has 9 heavy (non-hydrogen) atoms. The molecule has 0 bridgehead atoms. The molecular formula is C5H10N2O2. The highest BCUT2D eigenvalue weighted by Gasteiger charge is 1.88. The van der Waals surface area contributed by atoms with Crippen LogP contribution in [0.1, 0.15) is 13.3 Å². The van der Waals surface area contributed by atoms with Crippen LogP contribution < -0.4 is 5.32 Å². The number of hydrogen-bond acceptors (Lipinski definition) is 3. The number of carbonyl (C=O) groups excluding carboxylic acids is 1. The number of nitrogens with one attached hydrogen (secondary N) is 1. The fourth-order valence-electron chi connectivity index (χ4n) is 0.408. The lowest BCUT2D eigenvalue weighted by Gasteiger charge is -1.95. The Kier molecular flexibility index (Phi) is 4.67. The molecule has 0 heterocycles. The summed E-state index contributed by atoms with van der Waals surface area (Å²) in [7, 11) is 0. The van der Waals surface area contributed by atoms with Gasteiger partial charge in [0.1, 0.15) is 0 Å². The Labute approximate surface area is 53.6 Å². The maximum Gasteiger partial charge on any atom is 0.216 e. The first-order valence-corrected chi connectivity index (χ1v) is 2.81. The third kappa shape index (κ3) is 7.07. The highest BCUT2D eigenvalue weighted by molar-refractivity contribution is 5.72. The molecule has 0 aromatic heterocycles. The maximum absolute atomic E-state index is 10.2. The van der Waals surface area contributed by atoms with Crippen molar-refractivity contribution in [3.05, 3.63) is 4.91 Å². The number of nitrogens with zero attached hydrogens (tertiary/aromatic N) is 1. The molecule has 0 aliphatic carbocycles. The van der Waals surface area contributed by atoms with Crippen molar-refractivity contribution in [3.63, 3.8) is 0 Å². The zero-order valence-electron chi connectivity index (χ0n) is 5.39. The quantitative estimate of drug-likeness (QED) is 0.439. The fourth-order valence-corrected chi connectivity index (χ4v) is 0.408. The molecule has 0 atom stereocenters. The van der Waals surface area contributed by atoms with Crippen LogP contribution in [0.25, 0.3) is 0 Å². The lowest BCUT2D eigenvalue weighted by Crippen LogP contribution is -2.21. The first-order valence-electron chi connectivity index (χ1n) is 2.81. The van der Waals surface area contributed by atoms with Crippen LogP contribution in [0.15, 0.2) is 5.18 Å². The van der Waals surface area contributed by atoms with Gasteiger partial charge < -0.3 is 5.32 Å². The normalized spacial score (nSPS) is 8.56. The molecule has 52 valence electrons. The summed E-state index contributed by atoms with van der Waals surface area (Å²) in [6.07, 6.45) is 0.628. The van der Waals surface area contributed by atoms with Gasteiger partial charge in [-0.3, -0.25) is 4.79 Å². The molecule has 0 unspecified atom stereocenters. The Bertz CT molecular complexity index is 103. The molecule has 4 heteroatoms. The van der Waals surface area contributed by atoms with Crippen LogP contribution in [0.2, 0.25) is 0 Å². The summed E-state index contributed by atoms with van der Waals surface area (Å²) in [6, 6.07) is 0. The second-order valence-corrected chi connectivity index (χ2v) is 1.69. The van der Waals surface area contributed by atoms with Crippen LogP contribution >= 0.6 is 0 Å². The Morgan fingerprint density at radius 1 is 1.67 bits per heavy atom.